The first kappa shape index (κ1) is 12.3. The molecule has 0 aromatic heterocycles. The summed E-state index contributed by atoms with van der Waals surface area (Å²) in [6.07, 6.45) is -0.588. The number of thiocarbonyl (C=S) groups is 1. The Morgan fingerprint density at radius 3 is 2.81 bits per heavy atom. The fourth-order valence-corrected chi connectivity index (χ4v) is 1.22. The first-order valence-electron chi connectivity index (χ1n) is 4.72. The van der Waals surface area contributed by atoms with Crippen LogP contribution in [0.2, 0.25) is 0 Å². The minimum absolute atomic E-state index is 0.149. The van der Waals surface area contributed by atoms with Gasteiger partial charge in [0.2, 0.25) is 0 Å². The van der Waals surface area contributed by atoms with E-state index in [1.165, 1.54) is 0 Å². The lowest BCUT2D eigenvalue weighted by Gasteiger charge is -2.10. The first-order valence-corrected chi connectivity index (χ1v) is 5.13. The Morgan fingerprint density at radius 2 is 2.19 bits per heavy atom. The number of nitrogens with one attached hydrogen (secondary N) is 2. The van der Waals surface area contributed by atoms with Crippen molar-refractivity contribution in [2.45, 2.75) is 6.92 Å². The summed E-state index contributed by atoms with van der Waals surface area (Å²) in [6.45, 7) is 2.01. The lowest BCUT2D eigenvalue weighted by molar-refractivity contribution is 0.158. The number of ether oxygens (including phenoxy) is 1. The van der Waals surface area contributed by atoms with Crippen LogP contribution >= 0.6 is 12.2 Å². The molecule has 0 aliphatic rings. The third-order valence-corrected chi connectivity index (χ3v) is 1.90. The van der Waals surface area contributed by atoms with Crippen LogP contribution in [-0.2, 0) is 4.74 Å². The van der Waals surface area contributed by atoms with Crippen molar-refractivity contribution < 1.29 is 9.53 Å². The Bertz CT molecular complexity index is 395. The summed E-state index contributed by atoms with van der Waals surface area (Å²) in [6, 6.07) is 7.11. The first-order chi connectivity index (χ1) is 7.63. The molecular formula is C10H13N3O2S. The van der Waals surface area contributed by atoms with Gasteiger partial charge >= 0.3 is 6.09 Å². The molecule has 1 aromatic carbocycles. The molecule has 4 N–H and O–H groups in total. The zero-order valence-corrected chi connectivity index (χ0v) is 9.64. The van der Waals surface area contributed by atoms with Gasteiger partial charge in [-0.15, -0.1) is 0 Å². The Kier molecular flexibility index (Phi) is 4.53. The number of anilines is 2. The van der Waals surface area contributed by atoms with Gasteiger partial charge in [-0.1, -0.05) is 12.1 Å². The maximum atomic E-state index is 11.0. The van der Waals surface area contributed by atoms with E-state index in [9.17, 15) is 4.79 Å². The van der Waals surface area contributed by atoms with Crippen molar-refractivity contribution in [3.05, 3.63) is 24.3 Å². The fourth-order valence-electron chi connectivity index (χ4n) is 1.02. The molecule has 0 aliphatic carbocycles. The Hall–Kier alpha value is -1.82. The topological polar surface area (TPSA) is 76.4 Å². The number of rotatable bonds is 2. The van der Waals surface area contributed by atoms with Crippen LogP contribution in [0.3, 0.4) is 0 Å². The van der Waals surface area contributed by atoms with Crippen molar-refractivity contribution in [3.63, 3.8) is 0 Å². The molecule has 0 atom stereocenters. The SMILES string of the molecule is CCOC(=O)NC(=S)Nc1ccccc1N. The normalized spacial score (nSPS) is 9.31. The number of carbonyl (C=O) groups is 1. The van der Waals surface area contributed by atoms with E-state index in [0.29, 0.717) is 18.0 Å². The van der Waals surface area contributed by atoms with Gasteiger partial charge in [-0.25, -0.2) is 4.79 Å². The van der Waals surface area contributed by atoms with Gasteiger partial charge in [-0.2, -0.15) is 0 Å². The maximum Gasteiger partial charge on any atom is 0.413 e. The van der Waals surface area contributed by atoms with E-state index in [-0.39, 0.29) is 5.11 Å². The Balaban J connectivity index is 2.52. The van der Waals surface area contributed by atoms with Crippen LogP contribution in [0.5, 0.6) is 0 Å². The quantitative estimate of drug-likeness (QED) is 0.541. The van der Waals surface area contributed by atoms with Crippen LogP contribution in [-0.4, -0.2) is 17.8 Å². The summed E-state index contributed by atoms with van der Waals surface area (Å²) >= 11 is 4.91. The van der Waals surface area contributed by atoms with E-state index in [1.54, 1.807) is 19.1 Å². The molecule has 1 rings (SSSR count). The molecule has 0 heterocycles. The monoisotopic (exact) mass is 239 g/mol. The summed E-state index contributed by atoms with van der Waals surface area (Å²) in [5.74, 6) is 0. The molecule has 1 amide bonds. The average Bonchev–Trinajstić information content (AvgIpc) is 2.21. The number of hydrogen-bond acceptors (Lipinski definition) is 4. The average molecular weight is 239 g/mol. The van der Waals surface area contributed by atoms with Crippen molar-refractivity contribution in [1.82, 2.24) is 5.32 Å². The zero-order valence-electron chi connectivity index (χ0n) is 8.82. The molecule has 0 unspecified atom stereocenters. The minimum Gasteiger partial charge on any atom is -0.450 e. The predicted octanol–water partition coefficient (Wildman–Crippen LogP) is 1.71. The number of amides is 1. The van der Waals surface area contributed by atoms with E-state index >= 15 is 0 Å². The summed E-state index contributed by atoms with van der Waals surface area (Å²) in [7, 11) is 0. The number of nitrogen functional groups attached to an aromatic ring is 1. The highest BCUT2D eigenvalue weighted by Crippen LogP contribution is 2.16. The molecule has 5 nitrogen and oxygen atoms in total. The molecule has 0 radical (unpaired) electrons. The highest BCUT2D eigenvalue weighted by Gasteiger charge is 2.05. The van der Waals surface area contributed by atoms with Crippen LogP contribution in [0.15, 0.2) is 24.3 Å². The van der Waals surface area contributed by atoms with Gasteiger partial charge in [0.25, 0.3) is 0 Å². The molecule has 0 bridgehead atoms. The van der Waals surface area contributed by atoms with E-state index in [4.69, 9.17) is 18.0 Å². The molecule has 0 fully saturated rings. The molecule has 1 aromatic rings. The largest absolute Gasteiger partial charge is 0.450 e. The van der Waals surface area contributed by atoms with Crippen LogP contribution in [0.25, 0.3) is 0 Å². The van der Waals surface area contributed by atoms with Gasteiger partial charge in [0.1, 0.15) is 0 Å². The van der Waals surface area contributed by atoms with Gasteiger partial charge in [0.15, 0.2) is 5.11 Å². The molecule has 0 spiro atoms. The summed E-state index contributed by atoms with van der Waals surface area (Å²) < 4.78 is 4.67. The van der Waals surface area contributed by atoms with Crippen molar-refractivity contribution in [2.75, 3.05) is 17.7 Å². The van der Waals surface area contributed by atoms with Crippen LogP contribution in [0, 0.1) is 0 Å². The maximum absolute atomic E-state index is 11.0. The van der Waals surface area contributed by atoms with Crippen LogP contribution < -0.4 is 16.4 Å². The second kappa shape index (κ2) is 5.92. The van der Waals surface area contributed by atoms with Crippen molar-refractivity contribution in [3.8, 4) is 0 Å². The molecule has 16 heavy (non-hydrogen) atoms. The second-order valence-corrected chi connectivity index (χ2v) is 3.30. The third-order valence-electron chi connectivity index (χ3n) is 1.70. The summed E-state index contributed by atoms with van der Waals surface area (Å²) in [5.41, 5.74) is 6.89. The van der Waals surface area contributed by atoms with E-state index < -0.39 is 6.09 Å². The van der Waals surface area contributed by atoms with Crippen molar-refractivity contribution in [1.29, 1.82) is 0 Å². The van der Waals surface area contributed by atoms with E-state index in [2.05, 4.69) is 15.4 Å². The van der Waals surface area contributed by atoms with E-state index in [0.717, 1.165) is 0 Å². The standard InChI is InChI=1S/C10H13N3O2S/c1-2-15-10(14)13-9(16)12-8-6-4-3-5-7(8)11/h3-6H,2,11H2,1H3,(H2,12,13,14,16). The third kappa shape index (κ3) is 3.74. The Morgan fingerprint density at radius 1 is 1.50 bits per heavy atom. The molecule has 0 saturated heterocycles. The number of benzene rings is 1. The molecule has 6 heteroatoms. The highest BCUT2D eigenvalue weighted by molar-refractivity contribution is 7.80. The predicted molar refractivity (Wildman–Crippen MR) is 67.2 cm³/mol. The number of alkyl carbamates (subject to hydrolysis) is 1. The number of nitrogens with two attached hydrogens (primary N) is 1. The molecule has 86 valence electrons. The summed E-state index contributed by atoms with van der Waals surface area (Å²) in [4.78, 5) is 11.0. The fraction of sp³-hybridized carbons (Fsp3) is 0.200. The zero-order chi connectivity index (χ0) is 12.0. The number of para-hydroxylation sites is 2. The molecule has 0 aliphatic heterocycles. The lowest BCUT2D eigenvalue weighted by atomic mass is 10.3. The molecule has 0 saturated carbocycles. The Labute approximate surface area is 99.0 Å². The molecular weight excluding hydrogens is 226 g/mol. The van der Waals surface area contributed by atoms with Crippen LogP contribution in [0.4, 0.5) is 16.2 Å². The lowest BCUT2D eigenvalue weighted by Crippen LogP contribution is -2.34. The van der Waals surface area contributed by atoms with Crippen LogP contribution in [0.1, 0.15) is 6.92 Å². The number of hydrogen-bond donors (Lipinski definition) is 3. The van der Waals surface area contributed by atoms with E-state index in [1.807, 2.05) is 12.1 Å². The van der Waals surface area contributed by atoms with Gasteiger partial charge in [0, 0.05) is 0 Å². The second-order valence-electron chi connectivity index (χ2n) is 2.89. The van der Waals surface area contributed by atoms with Gasteiger partial charge in [-0.3, -0.25) is 5.32 Å². The smallest absolute Gasteiger partial charge is 0.413 e. The van der Waals surface area contributed by atoms with Gasteiger partial charge in [-0.05, 0) is 31.3 Å². The van der Waals surface area contributed by atoms with Gasteiger partial charge in [0.05, 0.1) is 18.0 Å². The van der Waals surface area contributed by atoms with Crippen molar-refractivity contribution >= 4 is 34.8 Å². The summed E-state index contributed by atoms with van der Waals surface area (Å²) in [5, 5.41) is 5.30. The highest BCUT2D eigenvalue weighted by atomic mass is 32.1. The van der Waals surface area contributed by atoms with Gasteiger partial charge < -0.3 is 15.8 Å². The number of carbonyl (C=O) groups excluding carboxylic acids is 1. The minimum atomic E-state index is -0.588. The van der Waals surface area contributed by atoms with Crippen molar-refractivity contribution in [2.24, 2.45) is 0 Å².